The molecule has 0 saturated heterocycles. The van der Waals surface area contributed by atoms with Crippen LogP contribution in [0.5, 0.6) is 5.75 Å². The van der Waals surface area contributed by atoms with Gasteiger partial charge in [0.1, 0.15) is 11.8 Å². The topological polar surface area (TPSA) is 74.5 Å². The number of nitrogens with one attached hydrogen (secondary N) is 1. The highest BCUT2D eigenvalue weighted by Crippen LogP contribution is 2.27. The molecule has 1 N–H and O–H groups in total. The van der Waals surface area contributed by atoms with Crippen LogP contribution < -0.4 is 10.1 Å². The smallest absolute Gasteiger partial charge is 0.223 e. The number of nitriles is 1. The van der Waals surface area contributed by atoms with Gasteiger partial charge in [0.25, 0.3) is 0 Å². The van der Waals surface area contributed by atoms with E-state index in [1.807, 2.05) is 6.92 Å². The van der Waals surface area contributed by atoms with Crippen molar-refractivity contribution in [1.29, 1.82) is 5.26 Å². The second-order valence-electron chi connectivity index (χ2n) is 9.13. The van der Waals surface area contributed by atoms with Gasteiger partial charge < -0.3 is 10.1 Å². The molecule has 5 nitrogen and oxygen atoms in total. The summed E-state index contributed by atoms with van der Waals surface area (Å²) in [6, 6.07) is 7.42. The van der Waals surface area contributed by atoms with Crippen molar-refractivity contribution >= 4 is 23.4 Å². The lowest BCUT2D eigenvalue weighted by molar-refractivity contribution is -0.125. The normalized spacial score (nSPS) is 18.5. The van der Waals surface area contributed by atoms with Gasteiger partial charge in [0.2, 0.25) is 5.91 Å². The van der Waals surface area contributed by atoms with E-state index < -0.39 is 0 Å². The lowest BCUT2D eigenvalue weighted by Crippen LogP contribution is -2.41. The zero-order valence-corrected chi connectivity index (χ0v) is 21.1. The molecule has 1 unspecified atom stereocenters. The number of unbranched alkanes of at least 4 members (excludes halogenated alkanes) is 2. The Morgan fingerprint density at radius 1 is 1.27 bits per heavy atom. The van der Waals surface area contributed by atoms with E-state index in [0.717, 1.165) is 51.5 Å². The summed E-state index contributed by atoms with van der Waals surface area (Å²) in [4.78, 5) is 17.0. The van der Waals surface area contributed by atoms with Crippen LogP contribution in [-0.2, 0) is 4.79 Å². The van der Waals surface area contributed by atoms with Crippen LogP contribution in [0.3, 0.4) is 0 Å². The summed E-state index contributed by atoms with van der Waals surface area (Å²) in [5, 5.41) is 12.6. The van der Waals surface area contributed by atoms with Gasteiger partial charge in [0.15, 0.2) is 0 Å². The first-order valence-corrected chi connectivity index (χ1v) is 12.7. The summed E-state index contributed by atoms with van der Waals surface area (Å²) in [5.74, 6) is 3.96. The molecule has 1 aromatic rings. The average molecular weight is 472 g/mol. The van der Waals surface area contributed by atoms with E-state index in [4.69, 9.17) is 21.6 Å². The quantitative estimate of drug-likeness (QED) is 0.274. The second-order valence-corrected chi connectivity index (χ2v) is 9.53. The van der Waals surface area contributed by atoms with Gasteiger partial charge >= 0.3 is 0 Å². The van der Waals surface area contributed by atoms with Gasteiger partial charge in [-0.05, 0) is 81.9 Å². The van der Waals surface area contributed by atoms with E-state index in [1.54, 1.807) is 18.2 Å². The van der Waals surface area contributed by atoms with E-state index in [1.165, 1.54) is 24.8 Å². The predicted molar refractivity (Wildman–Crippen MR) is 135 cm³/mol. The molecule has 180 valence electrons. The third-order valence-corrected chi connectivity index (χ3v) is 6.48. The summed E-state index contributed by atoms with van der Waals surface area (Å²) in [6.07, 6.45) is 10.2. The molecular weight excluding hydrogens is 434 g/mol. The fourth-order valence-corrected chi connectivity index (χ4v) is 4.23. The summed E-state index contributed by atoms with van der Waals surface area (Å²) in [5.41, 5.74) is 1.67. The van der Waals surface area contributed by atoms with Crippen LogP contribution in [0, 0.1) is 17.2 Å². The van der Waals surface area contributed by atoms with E-state index in [2.05, 4.69) is 36.1 Å². The number of aliphatic imine (C=N–C) groups is 1. The van der Waals surface area contributed by atoms with Gasteiger partial charge in [0, 0.05) is 24.6 Å². The van der Waals surface area contributed by atoms with Crippen molar-refractivity contribution in [3.05, 3.63) is 34.4 Å². The third-order valence-electron chi connectivity index (χ3n) is 6.16. The minimum absolute atomic E-state index is 0.00963. The molecule has 33 heavy (non-hydrogen) atoms. The Hall–Kier alpha value is -2.28. The maximum absolute atomic E-state index is 12.6. The first-order valence-electron chi connectivity index (χ1n) is 12.3. The lowest BCUT2D eigenvalue weighted by Gasteiger charge is -2.30. The molecule has 1 amide bonds. The Balaban J connectivity index is 1.65. The highest BCUT2D eigenvalue weighted by atomic mass is 35.5. The van der Waals surface area contributed by atoms with Crippen LogP contribution in [-0.4, -0.2) is 30.5 Å². The monoisotopic (exact) mass is 471 g/mol. The molecule has 0 radical (unpaired) electrons. The summed E-state index contributed by atoms with van der Waals surface area (Å²) >= 11 is 6.09. The number of amides is 1. The first-order chi connectivity index (χ1) is 15.9. The molecule has 0 aliphatic heterocycles. The average Bonchev–Trinajstić information content (AvgIpc) is 2.80. The molecule has 0 bridgehead atoms. The highest BCUT2D eigenvalue weighted by molar-refractivity contribution is 6.31. The number of benzene rings is 1. The SMILES string of the molecule is CCCCCC(C)=C=NCCCC(C)C(=O)NC1CCC(Oc2ccc(C#N)c(Cl)c2)CC1. The van der Waals surface area contributed by atoms with Crippen LogP contribution in [0.2, 0.25) is 5.02 Å². The van der Waals surface area contributed by atoms with Crippen LogP contribution in [0.15, 0.2) is 28.8 Å². The van der Waals surface area contributed by atoms with Gasteiger partial charge in [-0.2, -0.15) is 5.26 Å². The fraction of sp³-hybridized carbons (Fsp3) is 0.630. The Morgan fingerprint density at radius 2 is 2.03 bits per heavy atom. The molecule has 1 saturated carbocycles. The Morgan fingerprint density at radius 3 is 2.70 bits per heavy atom. The van der Waals surface area contributed by atoms with Crippen LogP contribution >= 0.6 is 11.6 Å². The van der Waals surface area contributed by atoms with Gasteiger partial charge in [-0.1, -0.05) is 38.3 Å². The zero-order valence-electron chi connectivity index (χ0n) is 20.3. The lowest BCUT2D eigenvalue weighted by atomic mass is 9.92. The molecule has 2 rings (SSSR count). The van der Waals surface area contributed by atoms with E-state index in [9.17, 15) is 4.79 Å². The summed E-state index contributed by atoms with van der Waals surface area (Å²) < 4.78 is 6.03. The molecule has 0 spiro atoms. The molecule has 1 fully saturated rings. The number of halogens is 1. The van der Waals surface area contributed by atoms with Crippen molar-refractivity contribution < 1.29 is 9.53 Å². The van der Waals surface area contributed by atoms with E-state index in [0.29, 0.717) is 16.3 Å². The third kappa shape index (κ3) is 10.0. The number of allylic oxidation sites excluding steroid dienone is 1. The van der Waals surface area contributed by atoms with Gasteiger partial charge in [0.05, 0.1) is 16.7 Å². The van der Waals surface area contributed by atoms with Crippen molar-refractivity contribution in [1.82, 2.24) is 5.32 Å². The van der Waals surface area contributed by atoms with Gasteiger partial charge in [-0.15, -0.1) is 0 Å². The second kappa shape index (κ2) is 14.8. The number of hydrogen-bond donors (Lipinski definition) is 1. The maximum Gasteiger partial charge on any atom is 0.223 e. The maximum atomic E-state index is 12.6. The minimum Gasteiger partial charge on any atom is -0.490 e. The van der Waals surface area contributed by atoms with Crippen LogP contribution in [0.4, 0.5) is 0 Å². The van der Waals surface area contributed by atoms with Crippen molar-refractivity contribution in [3.63, 3.8) is 0 Å². The minimum atomic E-state index is -0.00963. The van der Waals surface area contributed by atoms with Crippen LogP contribution in [0.25, 0.3) is 0 Å². The number of nitrogens with zero attached hydrogens (tertiary/aromatic N) is 2. The molecule has 6 heteroatoms. The van der Waals surface area contributed by atoms with Crippen molar-refractivity contribution in [3.8, 4) is 11.8 Å². The number of carbonyl (C=O) groups excluding carboxylic acids is 1. The van der Waals surface area contributed by atoms with E-state index >= 15 is 0 Å². The zero-order chi connectivity index (χ0) is 24.1. The number of hydrogen-bond acceptors (Lipinski definition) is 4. The molecule has 1 aliphatic carbocycles. The molecule has 1 aromatic carbocycles. The Labute approximate surface area is 204 Å². The molecular formula is C27H38ClN3O2. The Kier molecular flexibility index (Phi) is 12.1. The van der Waals surface area contributed by atoms with Crippen molar-refractivity contribution in [2.45, 2.75) is 97.1 Å². The van der Waals surface area contributed by atoms with Gasteiger partial charge in [-0.3, -0.25) is 4.79 Å². The number of carbonyl (C=O) groups is 1. The fourth-order valence-electron chi connectivity index (χ4n) is 4.02. The predicted octanol–water partition coefficient (Wildman–Crippen LogP) is 6.63. The first kappa shape index (κ1) is 27.0. The van der Waals surface area contributed by atoms with Crippen molar-refractivity contribution in [2.24, 2.45) is 10.9 Å². The number of rotatable bonds is 12. The summed E-state index contributed by atoms with van der Waals surface area (Å²) in [6.45, 7) is 7.02. The molecule has 1 atom stereocenters. The summed E-state index contributed by atoms with van der Waals surface area (Å²) in [7, 11) is 0. The van der Waals surface area contributed by atoms with E-state index in [-0.39, 0.29) is 24.0 Å². The largest absolute Gasteiger partial charge is 0.490 e. The Bertz CT molecular complexity index is 863. The standard InChI is InChI=1S/C27H38ClN3O2/c1-4-5-6-8-20(2)19-30-16-7-9-21(3)27(32)31-23-11-14-24(15-12-23)33-25-13-10-22(18-29)26(28)17-25/h10,13,17,21,23-24H,4-9,11-12,14-16H2,1-3H3,(H,31,32). The number of ether oxygens (including phenoxy) is 1. The molecule has 0 heterocycles. The van der Waals surface area contributed by atoms with Crippen LogP contribution in [0.1, 0.15) is 90.5 Å². The van der Waals surface area contributed by atoms with Crippen molar-refractivity contribution in [2.75, 3.05) is 6.54 Å². The molecule has 0 aromatic heterocycles. The van der Waals surface area contributed by atoms with Gasteiger partial charge in [-0.25, -0.2) is 4.99 Å². The molecule has 1 aliphatic rings. The highest BCUT2D eigenvalue weighted by Gasteiger charge is 2.25.